The Bertz CT molecular complexity index is 322. The first-order chi connectivity index (χ1) is 7.14. The molecular formula is C13H18N2. The molecule has 1 aromatic carbocycles. The van der Waals surface area contributed by atoms with E-state index in [4.69, 9.17) is 5.26 Å². The standard InChI is InChI=1S/C13H18N2/c1-13(2,11-14)8-9-15-10-12-6-4-3-5-7-12/h3-7,15H,8-10H2,1-2H3. The van der Waals surface area contributed by atoms with Crippen LogP contribution >= 0.6 is 0 Å². The summed E-state index contributed by atoms with van der Waals surface area (Å²) < 4.78 is 0. The summed E-state index contributed by atoms with van der Waals surface area (Å²) in [7, 11) is 0. The summed E-state index contributed by atoms with van der Waals surface area (Å²) >= 11 is 0. The molecule has 0 bridgehead atoms. The lowest BCUT2D eigenvalue weighted by molar-refractivity contribution is 0.432. The van der Waals surface area contributed by atoms with Crippen LogP contribution in [0.4, 0.5) is 0 Å². The van der Waals surface area contributed by atoms with Gasteiger partial charge in [0, 0.05) is 6.54 Å². The molecule has 2 nitrogen and oxygen atoms in total. The van der Waals surface area contributed by atoms with E-state index in [2.05, 4.69) is 23.5 Å². The number of nitriles is 1. The molecule has 1 N–H and O–H groups in total. The molecule has 0 saturated heterocycles. The van der Waals surface area contributed by atoms with Crippen molar-refractivity contribution < 1.29 is 0 Å². The number of nitrogens with one attached hydrogen (secondary N) is 1. The largest absolute Gasteiger partial charge is 0.313 e. The van der Waals surface area contributed by atoms with E-state index in [0.29, 0.717) is 0 Å². The zero-order chi connectivity index (χ0) is 11.1. The van der Waals surface area contributed by atoms with Crippen molar-refractivity contribution in [2.75, 3.05) is 6.54 Å². The lowest BCUT2D eigenvalue weighted by Gasteiger charge is -2.14. The minimum atomic E-state index is -0.219. The molecule has 0 heterocycles. The smallest absolute Gasteiger partial charge is 0.0684 e. The van der Waals surface area contributed by atoms with Crippen molar-refractivity contribution in [3.05, 3.63) is 35.9 Å². The van der Waals surface area contributed by atoms with Crippen LogP contribution < -0.4 is 5.32 Å². The zero-order valence-corrected chi connectivity index (χ0v) is 9.46. The summed E-state index contributed by atoms with van der Waals surface area (Å²) in [5.74, 6) is 0. The average Bonchev–Trinajstić information content (AvgIpc) is 2.26. The van der Waals surface area contributed by atoms with Crippen LogP contribution in [0.15, 0.2) is 30.3 Å². The summed E-state index contributed by atoms with van der Waals surface area (Å²) in [4.78, 5) is 0. The van der Waals surface area contributed by atoms with Gasteiger partial charge in [-0.1, -0.05) is 30.3 Å². The number of hydrogen-bond acceptors (Lipinski definition) is 2. The Morgan fingerprint density at radius 3 is 2.53 bits per heavy atom. The fraction of sp³-hybridized carbons (Fsp3) is 0.462. The van der Waals surface area contributed by atoms with E-state index in [1.54, 1.807) is 0 Å². The van der Waals surface area contributed by atoms with Gasteiger partial charge in [-0.2, -0.15) is 5.26 Å². The van der Waals surface area contributed by atoms with Gasteiger partial charge in [0.05, 0.1) is 11.5 Å². The molecule has 0 unspecified atom stereocenters. The van der Waals surface area contributed by atoms with Crippen LogP contribution in [0.25, 0.3) is 0 Å². The number of hydrogen-bond donors (Lipinski definition) is 1. The molecule has 15 heavy (non-hydrogen) atoms. The molecule has 0 aliphatic rings. The maximum absolute atomic E-state index is 8.83. The highest BCUT2D eigenvalue weighted by Gasteiger charge is 2.15. The van der Waals surface area contributed by atoms with E-state index in [9.17, 15) is 0 Å². The van der Waals surface area contributed by atoms with Crippen molar-refractivity contribution in [1.82, 2.24) is 5.32 Å². The highest BCUT2D eigenvalue weighted by atomic mass is 14.8. The Morgan fingerprint density at radius 1 is 1.27 bits per heavy atom. The van der Waals surface area contributed by atoms with Crippen LogP contribution in [0.1, 0.15) is 25.8 Å². The molecule has 0 aromatic heterocycles. The van der Waals surface area contributed by atoms with Gasteiger partial charge >= 0.3 is 0 Å². The zero-order valence-electron chi connectivity index (χ0n) is 9.46. The van der Waals surface area contributed by atoms with Crippen LogP contribution in [0.2, 0.25) is 0 Å². The van der Waals surface area contributed by atoms with Crippen LogP contribution in [-0.4, -0.2) is 6.54 Å². The van der Waals surface area contributed by atoms with E-state index >= 15 is 0 Å². The second-order valence-electron chi connectivity index (χ2n) is 4.41. The molecule has 0 amide bonds. The highest BCUT2D eigenvalue weighted by Crippen LogP contribution is 2.17. The average molecular weight is 202 g/mol. The van der Waals surface area contributed by atoms with Crippen LogP contribution in [-0.2, 0) is 6.54 Å². The van der Waals surface area contributed by atoms with Crippen LogP contribution in [0.3, 0.4) is 0 Å². The summed E-state index contributed by atoms with van der Waals surface area (Å²) in [5, 5.41) is 12.2. The first kappa shape index (κ1) is 11.7. The highest BCUT2D eigenvalue weighted by molar-refractivity contribution is 5.14. The maximum Gasteiger partial charge on any atom is 0.0684 e. The van der Waals surface area contributed by atoms with Gasteiger partial charge in [0.2, 0.25) is 0 Å². The second kappa shape index (κ2) is 5.53. The van der Waals surface area contributed by atoms with Crippen molar-refractivity contribution in [3.63, 3.8) is 0 Å². The molecule has 0 fully saturated rings. The maximum atomic E-state index is 8.83. The summed E-state index contributed by atoms with van der Waals surface area (Å²) in [6.07, 6.45) is 0.885. The minimum Gasteiger partial charge on any atom is -0.313 e. The molecule has 0 atom stereocenters. The molecule has 0 radical (unpaired) electrons. The topological polar surface area (TPSA) is 35.8 Å². The Hall–Kier alpha value is -1.33. The molecule has 1 aromatic rings. The second-order valence-corrected chi connectivity index (χ2v) is 4.41. The third kappa shape index (κ3) is 4.62. The lowest BCUT2D eigenvalue weighted by atomic mass is 9.91. The molecular weight excluding hydrogens is 184 g/mol. The third-order valence-electron chi connectivity index (χ3n) is 2.40. The summed E-state index contributed by atoms with van der Waals surface area (Å²) in [6, 6.07) is 12.6. The van der Waals surface area contributed by atoms with Crippen molar-refractivity contribution in [1.29, 1.82) is 5.26 Å². The summed E-state index contributed by atoms with van der Waals surface area (Å²) in [6.45, 7) is 5.70. The van der Waals surface area contributed by atoms with Crippen molar-refractivity contribution in [2.24, 2.45) is 5.41 Å². The van der Waals surface area contributed by atoms with Crippen molar-refractivity contribution in [3.8, 4) is 6.07 Å². The molecule has 1 rings (SSSR count). The fourth-order valence-corrected chi connectivity index (χ4v) is 1.29. The quantitative estimate of drug-likeness (QED) is 0.745. The fourth-order valence-electron chi connectivity index (χ4n) is 1.29. The number of rotatable bonds is 5. The van der Waals surface area contributed by atoms with E-state index in [0.717, 1.165) is 19.5 Å². The van der Waals surface area contributed by atoms with Gasteiger partial charge in [0.25, 0.3) is 0 Å². The monoisotopic (exact) mass is 202 g/mol. The Balaban J connectivity index is 2.21. The van der Waals surface area contributed by atoms with Crippen molar-refractivity contribution >= 4 is 0 Å². The predicted octanol–water partition coefficient (Wildman–Crippen LogP) is 2.72. The third-order valence-corrected chi connectivity index (χ3v) is 2.40. The molecule has 80 valence electrons. The lowest BCUT2D eigenvalue weighted by Crippen LogP contribution is -2.21. The van der Waals surface area contributed by atoms with Crippen LogP contribution in [0, 0.1) is 16.7 Å². The van der Waals surface area contributed by atoms with E-state index in [1.807, 2.05) is 32.0 Å². The van der Waals surface area contributed by atoms with Gasteiger partial charge in [-0.25, -0.2) is 0 Å². The first-order valence-corrected chi connectivity index (χ1v) is 5.30. The number of benzene rings is 1. The molecule has 0 aliphatic carbocycles. The van der Waals surface area contributed by atoms with E-state index in [1.165, 1.54) is 5.56 Å². The first-order valence-electron chi connectivity index (χ1n) is 5.30. The van der Waals surface area contributed by atoms with E-state index in [-0.39, 0.29) is 5.41 Å². The Labute approximate surface area is 91.9 Å². The summed E-state index contributed by atoms with van der Waals surface area (Å²) in [5.41, 5.74) is 1.07. The normalized spacial score (nSPS) is 11.0. The van der Waals surface area contributed by atoms with Gasteiger partial charge in [0.15, 0.2) is 0 Å². The van der Waals surface area contributed by atoms with Crippen molar-refractivity contribution in [2.45, 2.75) is 26.8 Å². The SMILES string of the molecule is CC(C)(C#N)CCNCc1ccccc1. The van der Waals surface area contributed by atoms with Gasteiger partial charge in [-0.05, 0) is 32.4 Å². The molecule has 0 aliphatic heterocycles. The predicted molar refractivity (Wildman–Crippen MR) is 62.2 cm³/mol. The Morgan fingerprint density at radius 2 is 1.93 bits per heavy atom. The van der Waals surface area contributed by atoms with E-state index < -0.39 is 0 Å². The van der Waals surface area contributed by atoms with Gasteiger partial charge in [0.1, 0.15) is 0 Å². The van der Waals surface area contributed by atoms with Gasteiger partial charge in [-0.15, -0.1) is 0 Å². The molecule has 2 heteroatoms. The van der Waals surface area contributed by atoms with Crippen LogP contribution in [0.5, 0.6) is 0 Å². The van der Waals surface area contributed by atoms with Gasteiger partial charge < -0.3 is 5.32 Å². The number of nitrogens with zero attached hydrogens (tertiary/aromatic N) is 1. The molecule has 0 spiro atoms. The minimum absolute atomic E-state index is 0.219. The van der Waals surface area contributed by atoms with Gasteiger partial charge in [-0.3, -0.25) is 0 Å². The molecule has 0 saturated carbocycles. The Kier molecular flexibility index (Phi) is 4.33.